The van der Waals surface area contributed by atoms with E-state index in [0.29, 0.717) is 11.3 Å². The molecule has 0 atom stereocenters. The summed E-state index contributed by atoms with van der Waals surface area (Å²) in [5.74, 6) is 0.774. The predicted octanol–water partition coefficient (Wildman–Crippen LogP) is 2.32. The number of hydrogen-bond acceptors (Lipinski definition) is 3. The maximum absolute atomic E-state index is 12.4. The Morgan fingerprint density at radius 3 is 2.80 bits per heavy atom. The second kappa shape index (κ2) is 5.36. The van der Waals surface area contributed by atoms with Crippen molar-refractivity contribution in [2.75, 3.05) is 20.2 Å². The first-order valence-electron chi connectivity index (χ1n) is 6.76. The number of methoxy groups -OCH3 is 1. The molecule has 2 heterocycles. The van der Waals surface area contributed by atoms with Crippen molar-refractivity contribution < 1.29 is 9.53 Å². The Hall–Kier alpha value is -2.30. The first-order chi connectivity index (χ1) is 9.79. The van der Waals surface area contributed by atoms with Crippen molar-refractivity contribution >= 4 is 5.91 Å². The van der Waals surface area contributed by atoms with E-state index in [-0.39, 0.29) is 5.91 Å². The number of ether oxygens (including phenoxy) is 1. The molecule has 1 N–H and O–H groups in total. The Kier molecular flexibility index (Phi) is 3.41. The number of amides is 1. The molecule has 0 bridgehead atoms. The van der Waals surface area contributed by atoms with E-state index in [4.69, 9.17) is 4.74 Å². The molecule has 0 unspecified atom stereocenters. The van der Waals surface area contributed by atoms with E-state index in [1.165, 1.54) is 0 Å². The lowest BCUT2D eigenvalue weighted by Gasteiger charge is -2.16. The van der Waals surface area contributed by atoms with Crippen LogP contribution in [0.2, 0.25) is 0 Å². The largest absolute Gasteiger partial charge is 0.496 e. The summed E-state index contributed by atoms with van der Waals surface area (Å²) in [6.45, 7) is 1.70. The summed E-state index contributed by atoms with van der Waals surface area (Å²) < 4.78 is 5.41. The van der Waals surface area contributed by atoms with Crippen molar-refractivity contribution in [1.29, 1.82) is 0 Å². The summed E-state index contributed by atoms with van der Waals surface area (Å²) >= 11 is 0. The van der Waals surface area contributed by atoms with Crippen LogP contribution in [0.4, 0.5) is 0 Å². The smallest absolute Gasteiger partial charge is 0.253 e. The van der Waals surface area contributed by atoms with E-state index < -0.39 is 0 Å². The zero-order chi connectivity index (χ0) is 13.9. The molecule has 3 rings (SSSR count). The van der Waals surface area contributed by atoms with Crippen LogP contribution in [0.15, 0.2) is 30.6 Å². The van der Waals surface area contributed by atoms with Crippen molar-refractivity contribution in [3.63, 3.8) is 0 Å². The van der Waals surface area contributed by atoms with Gasteiger partial charge in [0.15, 0.2) is 0 Å². The molecule has 20 heavy (non-hydrogen) atoms. The summed E-state index contributed by atoms with van der Waals surface area (Å²) in [6, 6.07) is 5.57. The molecule has 0 saturated carbocycles. The van der Waals surface area contributed by atoms with E-state index >= 15 is 0 Å². The molecule has 1 aromatic carbocycles. The van der Waals surface area contributed by atoms with E-state index in [1.807, 2.05) is 23.1 Å². The van der Waals surface area contributed by atoms with Crippen molar-refractivity contribution in [3.8, 4) is 16.9 Å². The average Bonchev–Trinajstić information content (AvgIpc) is 3.18. The van der Waals surface area contributed by atoms with Crippen LogP contribution in [0.1, 0.15) is 23.2 Å². The normalized spacial score (nSPS) is 14.6. The topological polar surface area (TPSA) is 58.2 Å². The standard InChI is InChI=1S/C15H17N3O2/c1-20-14-8-11(15(19)18-6-2-3-7-18)4-5-13(14)12-9-16-17-10-12/h4-5,8-10H,2-3,6-7H2,1H3,(H,16,17). The number of nitrogens with zero attached hydrogens (tertiary/aromatic N) is 2. The van der Waals surface area contributed by atoms with Gasteiger partial charge in [-0.05, 0) is 31.0 Å². The lowest BCUT2D eigenvalue weighted by molar-refractivity contribution is 0.0792. The van der Waals surface area contributed by atoms with E-state index in [2.05, 4.69) is 10.2 Å². The van der Waals surface area contributed by atoms with Gasteiger partial charge in [-0.15, -0.1) is 0 Å². The lowest BCUT2D eigenvalue weighted by atomic mass is 10.0. The minimum Gasteiger partial charge on any atom is -0.496 e. The van der Waals surface area contributed by atoms with Gasteiger partial charge >= 0.3 is 0 Å². The van der Waals surface area contributed by atoms with Crippen LogP contribution in [0.5, 0.6) is 5.75 Å². The highest BCUT2D eigenvalue weighted by Crippen LogP contribution is 2.30. The van der Waals surface area contributed by atoms with E-state index in [0.717, 1.165) is 37.1 Å². The number of carbonyl (C=O) groups excluding carboxylic acids is 1. The monoisotopic (exact) mass is 271 g/mol. The van der Waals surface area contributed by atoms with Gasteiger partial charge in [0.2, 0.25) is 0 Å². The summed E-state index contributed by atoms with van der Waals surface area (Å²) in [5.41, 5.74) is 2.55. The fourth-order valence-electron chi connectivity index (χ4n) is 2.56. The summed E-state index contributed by atoms with van der Waals surface area (Å²) in [6.07, 6.45) is 5.73. The SMILES string of the molecule is COc1cc(C(=O)N2CCCC2)ccc1-c1cn[nH]c1. The number of rotatable bonds is 3. The maximum atomic E-state index is 12.4. The molecule has 0 radical (unpaired) electrons. The van der Waals surface area contributed by atoms with Gasteiger partial charge in [0.25, 0.3) is 5.91 Å². The van der Waals surface area contributed by atoms with Crippen LogP contribution < -0.4 is 4.74 Å². The number of carbonyl (C=O) groups is 1. The Bertz CT molecular complexity index is 602. The number of H-pyrrole nitrogens is 1. The molecule has 2 aromatic rings. The summed E-state index contributed by atoms with van der Waals surface area (Å²) in [5, 5.41) is 6.72. The second-order valence-electron chi connectivity index (χ2n) is 4.90. The van der Waals surface area contributed by atoms with Gasteiger partial charge in [-0.2, -0.15) is 5.10 Å². The Balaban J connectivity index is 1.92. The van der Waals surface area contributed by atoms with Crippen molar-refractivity contribution in [1.82, 2.24) is 15.1 Å². The second-order valence-corrected chi connectivity index (χ2v) is 4.90. The van der Waals surface area contributed by atoms with Gasteiger partial charge in [0.1, 0.15) is 5.75 Å². The van der Waals surface area contributed by atoms with E-state index in [1.54, 1.807) is 19.5 Å². The van der Waals surface area contributed by atoms with Crippen LogP contribution in [-0.4, -0.2) is 41.2 Å². The molecule has 1 amide bonds. The molecule has 1 aliphatic rings. The van der Waals surface area contributed by atoms with Gasteiger partial charge in [-0.1, -0.05) is 0 Å². The Morgan fingerprint density at radius 1 is 1.35 bits per heavy atom. The average molecular weight is 271 g/mol. The highest BCUT2D eigenvalue weighted by molar-refractivity contribution is 5.95. The van der Waals surface area contributed by atoms with Gasteiger partial charge < -0.3 is 9.64 Å². The van der Waals surface area contributed by atoms with Crippen LogP contribution in [-0.2, 0) is 0 Å². The highest BCUT2D eigenvalue weighted by atomic mass is 16.5. The number of hydrogen-bond donors (Lipinski definition) is 1. The Labute approximate surface area is 117 Å². The molecule has 1 saturated heterocycles. The number of benzene rings is 1. The molecule has 1 aromatic heterocycles. The lowest BCUT2D eigenvalue weighted by Crippen LogP contribution is -2.27. The molecule has 1 aliphatic heterocycles. The Morgan fingerprint density at radius 2 is 2.15 bits per heavy atom. The first kappa shape index (κ1) is 12.7. The first-order valence-corrected chi connectivity index (χ1v) is 6.76. The number of aromatic amines is 1. The van der Waals surface area contributed by atoms with Crippen LogP contribution in [0, 0.1) is 0 Å². The van der Waals surface area contributed by atoms with Gasteiger partial charge in [-0.3, -0.25) is 9.89 Å². The summed E-state index contributed by atoms with van der Waals surface area (Å²) in [4.78, 5) is 14.3. The molecule has 0 spiro atoms. The van der Waals surface area contributed by atoms with Gasteiger partial charge in [0.05, 0.1) is 13.3 Å². The number of aromatic nitrogens is 2. The van der Waals surface area contributed by atoms with Crippen LogP contribution in [0.25, 0.3) is 11.1 Å². The number of likely N-dealkylation sites (tertiary alicyclic amines) is 1. The molecule has 0 aliphatic carbocycles. The van der Waals surface area contributed by atoms with E-state index in [9.17, 15) is 4.79 Å². The van der Waals surface area contributed by atoms with Crippen molar-refractivity contribution in [3.05, 3.63) is 36.2 Å². The maximum Gasteiger partial charge on any atom is 0.253 e. The molecular formula is C15H17N3O2. The van der Waals surface area contributed by atoms with Crippen LogP contribution >= 0.6 is 0 Å². The molecule has 1 fully saturated rings. The van der Waals surface area contributed by atoms with Gasteiger partial charge in [0, 0.05) is 36.0 Å². The molecule has 104 valence electrons. The molecular weight excluding hydrogens is 254 g/mol. The fraction of sp³-hybridized carbons (Fsp3) is 0.333. The third kappa shape index (κ3) is 2.27. The third-order valence-electron chi connectivity index (χ3n) is 3.65. The quantitative estimate of drug-likeness (QED) is 0.932. The van der Waals surface area contributed by atoms with Crippen LogP contribution in [0.3, 0.4) is 0 Å². The zero-order valence-electron chi connectivity index (χ0n) is 11.4. The fourth-order valence-corrected chi connectivity index (χ4v) is 2.56. The van der Waals surface area contributed by atoms with Gasteiger partial charge in [-0.25, -0.2) is 0 Å². The minimum atomic E-state index is 0.0829. The van der Waals surface area contributed by atoms with Crippen molar-refractivity contribution in [2.45, 2.75) is 12.8 Å². The third-order valence-corrected chi connectivity index (χ3v) is 3.65. The summed E-state index contributed by atoms with van der Waals surface area (Å²) in [7, 11) is 1.61. The molecule has 5 nitrogen and oxygen atoms in total. The zero-order valence-corrected chi connectivity index (χ0v) is 11.4. The minimum absolute atomic E-state index is 0.0829. The number of nitrogens with one attached hydrogen (secondary N) is 1. The van der Waals surface area contributed by atoms with Crippen molar-refractivity contribution in [2.24, 2.45) is 0 Å². The highest BCUT2D eigenvalue weighted by Gasteiger charge is 2.20. The molecule has 5 heteroatoms. The predicted molar refractivity (Wildman–Crippen MR) is 75.7 cm³/mol.